The highest BCUT2D eigenvalue weighted by Crippen LogP contribution is 2.28. The standard InChI is InChI=1S/C8H11N/c1-6-5-9-8-4-2-3-7(6)8/h2-5H2,1H3. The van der Waals surface area contributed by atoms with Crippen LogP contribution in [0.4, 0.5) is 0 Å². The molecular weight excluding hydrogens is 110 g/mol. The Morgan fingerprint density at radius 3 is 3.00 bits per heavy atom. The van der Waals surface area contributed by atoms with Gasteiger partial charge in [0.05, 0.1) is 6.54 Å². The summed E-state index contributed by atoms with van der Waals surface area (Å²) in [6.45, 7) is 3.20. The second-order valence-electron chi connectivity index (χ2n) is 2.88. The van der Waals surface area contributed by atoms with Crippen molar-refractivity contribution in [1.82, 2.24) is 0 Å². The molecule has 48 valence electrons. The molecule has 2 aliphatic rings. The summed E-state index contributed by atoms with van der Waals surface area (Å²) in [4.78, 5) is 4.42. The van der Waals surface area contributed by atoms with Crippen LogP contribution in [0.25, 0.3) is 0 Å². The summed E-state index contributed by atoms with van der Waals surface area (Å²) in [5, 5.41) is 0. The van der Waals surface area contributed by atoms with Crippen molar-refractivity contribution >= 4 is 5.71 Å². The van der Waals surface area contributed by atoms with Gasteiger partial charge in [-0.1, -0.05) is 0 Å². The third kappa shape index (κ3) is 0.640. The maximum absolute atomic E-state index is 4.42. The fourth-order valence-corrected chi connectivity index (χ4v) is 1.67. The normalized spacial score (nSPS) is 24.8. The van der Waals surface area contributed by atoms with E-state index in [-0.39, 0.29) is 0 Å². The van der Waals surface area contributed by atoms with Crippen LogP contribution in [0.15, 0.2) is 16.1 Å². The first-order chi connectivity index (χ1) is 4.38. The Morgan fingerprint density at radius 1 is 1.33 bits per heavy atom. The van der Waals surface area contributed by atoms with Crippen LogP contribution in [0.3, 0.4) is 0 Å². The van der Waals surface area contributed by atoms with Crippen LogP contribution in [0.2, 0.25) is 0 Å². The molecule has 0 aromatic carbocycles. The van der Waals surface area contributed by atoms with Crippen molar-refractivity contribution in [2.75, 3.05) is 6.54 Å². The van der Waals surface area contributed by atoms with Gasteiger partial charge >= 0.3 is 0 Å². The molecule has 0 spiro atoms. The Balaban J connectivity index is 2.40. The highest BCUT2D eigenvalue weighted by Gasteiger charge is 2.20. The molecule has 0 radical (unpaired) electrons. The molecule has 1 heteroatoms. The molecule has 1 nitrogen and oxygen atoms in total. The summed E-state index contributed by atoms with van der Waals surface area (Å²) < 4.78 is 0. The Hall–Kier alpha value is -0.590. The molecule has 0 unspecified atom stereocenters. The highest BCUT2D eigenvalue weighted by molar-refractivity contribution is 6.04. The summed E-state index contributed by atoms with van der Waals surface area (Å²) in [6, 6.07) is 0. The van der Waals surface area contributed by atoms with Gasteiger partial charge in [-0.05, 0) is 37.3 Å². The van der Waals surface area contributed by atoms with E-state index in [1.807, 2.05) is 0 Å². The summed E-state index contributed by atoms with van der Waals surface area (Å²) in [6.07, 6.45) is 3.88. The molecule has 0 aromatic rings. The van der Waals surface area contributed by atoms with Gasteiger partial charge in [-0.25, -0.2) is 0 Å². The highest BCUT2D eigenvalue weighted by atomic mass is 14.8. The zero-order valence-corrected chi connectivity index (χ0v) is 5.78. The quantitative estimate of drug-likeness (QED) is 0.464. The van der Waals surface area contributed by atoms with Gasteiger partial charge in [0.1, 0.15) is 0 Å². The van der Waals surface area contributed by atoms with E-state index in [9.17, 15) is 0 Å². The number of rotatable bonds is 0. The fourth-order valence-electron chi connectivity index (χ4n) is 1.67. The Bertz CT molecular complexity index is 199. The van der Waals surface area contributed by atoms with Gasteiger partial charge in [-0.2, -0.15) is 0 Å². The van der Waals surface area contributed by atoms with Crippen LogP contribution < -0.4 is 0 Å². The second kappa shape index (κ2) is 1.69. The van der Waals surface area contributed by atoms with Gasteiger partial charge in [0.2, 0.25) is 0 Å². The van der Waals surface area contributed by atoms with E-state index in [0.29, 0.717) is 0 Å². The summed E-state index contributed by atoms with van der Waals surface area (Å²) in [5.41, 5.74) is 4.50. The third-order valence-electron chi connectivity index (χ3n) is 2.21. The molecule has 0 aromatic heterocycles. The Kier molecular flexibility index (Phi) is 0.981. The van der Waals surface area contributed by atoms with E-state index >= 15 is 0 Å². The molecule has 9 heavy (non-hydrogen) atoms. The minimum atomic E-state index is 0.991. The molecule has 1 aliphatic carbocycles. The number of fused-ring (bicyclic) bond motifs is 1. The predicted octanol–water partition coefficient (Wildman–Crippen LogP) is 1.94. The maximum Gasteiger partial charge on any atom is 0.0606 e. The topological polar surface area (TPSA) is 12.4 Å². The fraction of sp³-hybridized carbons (Fsp3) is 0.625. The maximum atomic E-state index is 4.42. The van der Waals surface area contributed by atoms with Crippen LogP contribution in [0, 0.1) is 0 Å². The zero-order chi connectivity index (χ0) is 6.27. The van der Waals surface area contributed by atoms with Crippen LogP contribution >= 0.6 is 0 Å². The Labute approximate surface area is 55.5 Å². The molecule has 0 N–H and O–H groups in total. The van der Waals surface area contributed by atoms with Crippen molar-refractivity contribution < 1.29 is 0 Å². The number of nitrogens with zero attached hydrogens (tertiary/aromatic N) is 1. The van der Waals surface area contributed by atoms with Crippen molar-refractivity contribution in [3.63, 3.8) is 0 Å². The average Bonchev–Trinajstić information content (AvgIpc) is 2.35. The predicted molar refractivity (Wildman–Crippen MR) is 38.9 cm³/mol. The molecule has 0 saturated heterocycles. The van der Waals surface area contributed by atoms with Crippen molar-refractivity contribution in [1.29, 1.82) is 0 Å². The number of allylic oxidation sites excluding steroid dienone is 1. The van der Waals surface area contributed by atoms with E-state index in [0.717, 1.165) is 6.54 Å². The minimum absolute atomic E-state index is 0.991. The smallest absolute Gasteiger partial charge is 0.0606 e. The first kappa shape index (κ1) is 5.21. The van der Waals surface area contributed by atoms with E-state index in [2.05, 4.69) is 11.9 Å². The SMILES string of the molecule is CC1=C2CCCC2=NC1. The molecule has 0 atom stereocenters. The summed E-state index contributed by atoms with van der Waals surface area (Å²) in [7, 11) is 0. The molecule has 0 amide bonds. The van der Waals surface area contributed by atoms with Gasteiger partial charge in [-0.15, -0.1) is 0 Å². The average molecular weight is 121 g/mol. The minimum Gasteiger partial charge on any atom is -0.285 e. The number of aliphatic imine (C=N–C) groups is 1. The lowest BCUT2D eigenvalue weighted by Crippen LogP contribution is -1.87. The lowest BCUT2D eigenvalue weighted by atomic mass is 10.1. The molecule has 0 bridgehead atoms. The van der Waals surface area contributed by atoms with Crippen LogP contribution in [0.1, 0.15) is 26.2 Å². The van der Waals surface area contributed by atoms with Crippen LogP contribution in [-0.4, -0.2) is 12.3 Å². The van der Waals surface area contributed by atoms with Crippen molar-refractivity contribution in [3.05, 3.63) is 11.1 Å². The molecule has 1 aliphatic heterocycles. The zero-order valence-electron chi connectivity index (χ0n) is 5.78. The largest absolute Gasteiger partial charge is 0.285 e. The van der Waals surface area contributed by atoms with Crippen LogP contribution in [-0.2, 0) is 0 Å². The molecule has 1 heterocycles. The van der Waals surface area contributed by atoms with Crippen molar-refractivity contribution in [2.24, 2.45) is 4.99 Å². The van der Waals surface area contributed by atoms with Gasteiger partial charge in [0.15, 0.2) is 0 Å². The summed E-state index contributed by atoms with van der Waals surface area (Å²) in [5.74, 6) is 0. The molecule has 2 rings (SSSR count). The van der Waals surface area contributed by atoms with Gasteiger partial charge in [0, 0.05) is 5.71 Å². The Morgan fingerprint density at radius 2 is 2.22 bits per heavy atom. The van der Waals surface area contributed by atoms with Gasteiger partial charge in [0.25, 0.3) is 0 Å². The van der Waals surface area contributed by atoms with E-state index < -0.39 is 0 Å². The monoisotopic (exact) mass is 121 g/mol. The first-order valence-electron chi connectivity index (χ1n) is 3.60. The molecule has 1 saturated carbocycles. The third-order valence-corrected chi connectivity index (χ3v) is 2.21. The van der Waals surface area contributed by atoms with Crippen LogP contribution in [0.5, 0.6) is 0 Å². The van der Waals surface area contributed by atoms with Gasteiger partial charge < -0.3 is 0 Å². The number of hydrogen-bond acceptors (Lipinski definition) is 1. The van der Waals surface area contributed by atoms with E-state index in [4.69, 9.17) is 0 Å². The second-order valence-corrected chi connectivity index (χ2v) is 2.88. The van der Waals surface area contributed by atoms with Crippen molar-refractivity contribution in [2.45, 2.75) is 26.2 Å². The van der Waals surface area contributed by atoms with Crippen molar-refractivity contribution in [3.8, 4) is 0 Å². The lowest BCUT2D eigenvalue weighted by molar-refractivity contribution is 0.926. The van der Waals surface area contributed by atoms with Gasteiger partial charge in [-0.3, -0.25) is 4.99 Å². The lowest BCUT2D eigenvalue weighted by Gasteiger charge is -1.91. The first-order valence-corrected chi connectivity index (χ1v) is 3.60. The van der Waals surface area contributed by atoms with E-state index in [1.54, 1.807) is 5.57 Å². The van der Waals surface area contributed by atoms with E-state index in [1.165, 1.54) is 30.5 Å². The molecular formula is C8H11N. The molecule has 1 fully saturated rings. The summed E-state index contributed by atoms with van der Waals surface area (Å²) >= 11 is 0. The number of hydrogen-bond donors (Lipinski definition) is 0.